The van der Waals surface area contributed by atoms with Gasteiger partial charge in [-0.15, -0.1) is 0 Å². The molecule has 0 aromatic carbocycles. The summed E-state index contributed by atoms with van der Waals surface area (Å²) in [5.41, 5.74) is 1.47. The van der Waals surface area contributed by atoms with Crippen molar-refractivity contribution in [1.82, 2.24) is 0 Å². The van der Waals surface area contributed by atoms with Crippen molar-refractivity contribution in [2.75, 3.05) is 0 Å². The van der Waals surface area contributed by atoms with Crippen LogP contribution in [0.4, 0.5) is 0 Å². The largest absolute Gasteiger partial charge is 0.412 e. The van der Waals surface area contributed by atoms with E-state index < -0.39 is 0 Å². The van der Waals surface area contributed by atoms with Gasteiger partial charge in [0.05, 0.1) is 0 Å². The molecule has 0 aromatic heterocycles. The molecule has 1 rings (SSSR count). The molecule has 0 unspecified atom stereocenters. The molecule has 1 aliphatic rings. The zero-order valence-electron chi connectivity index (χ0n) is 4.44. The third-order valence-corrected chi connectivity index (χ3v) is 0.957. The van der Waals surface area contributed by atoms with Gasteiger partial charge in [-0.25, -0.2) is 0 Å². The molecule has 0 atom stereocenters. The molecule has 0 aromatic rings. The Kier molecular flexibility index (Phi) is 2.38. The van der Waals surface area contributed by atoms with E-state index in [0.717, 1.165) is 0 Å². The van der Waals surface area contributed by atoms with Crippen LogP contribution < -0.4 is 0 Å². The van der Waals surface area contributed by atoms with Gasteiger partial charge in [0, 0.05) is 0 Å². The van der Waals surface area contributed by atoms with Gasteiger partial charge in [-0.1, -0.05) is 23.8 Å². The van der Waals surface area contributed by atoms with Crippen LogP contribution in [0.2, 0.25) is 0 Å². The Hall–Kier alpha value is -0.560. The van der Waals surface area contributed by atoms with Crippen molar-refractivity contribution in [3.05, 3.63) is 23.8 Å². The van der Waals surface area contributed by atoms with Gasteiger partial charge in [0.1, 0.15) is 0 Å². The Bertz CT molecular complexity index is 101. The highest BCUT2D eigenvalue weighted by Crippen LogP contribution is 2.06. The summed E-state index contributed by atoms with van der Waals surface area (Å²) in [6.07, 6.45) is 7.56. The van der Waals surface area contributed by atoms with E-state index in [0.29, 0.717) is 0 Å². The van der Waals surface area contributed by atoms with Crippen LogP contribution in [0.15, 0.2) is 23.8 Å². The fourth-order valence-electron chi connectivity index (χ4n) is 0.554. The van der Waals surface area contributed by atoms with Crippen molar-refractivity contribution in [2.45, 2.75) is 13.3 Å². The van der Waals surface area contributed by atoms with Crippen LogP contribution in [-0.4, -0.2) is 5.48 Å². The van der Waals surface area contributed by atoms with Crippen molar-refractivity contribution >= 4 is 0 Å². The molecule has 0 bridgehead atoms. The van der Waals surface area contributed by atoms with E-state index in [4.69, 9.17) is 0 Å². The van der Waals surface area contributed by atoms with E-state index in [2.05, 4.69) is 25.2 Å². The van der Waals surface area contributed by atoms with Crippen molar-refractivity contribution in [3.63, 3.8) is 0 Å². The minimum absolute atomic E-state index is 0. The van der Waals surface area contributed by atoms with Crippen LogP contribution in [0.1, 0.15) is 13.3 Å². The van der Waals surface area contributed by atoms with Crippen molar-refractivity contribution < 1.29 is 5.48 Å². The Morgan fingerprint density at radius 2 is 2.29 bits per heavy atom. The minimum Gasteiger partial charge on any atom is -0.412 e. The standard InChI is InChI=1S/C6H8.H2O/c1-6-4-2-3-5-6;/h2-4H,5H2,1H3;1H2. The SMILES string of the molecule is CC1=CC=CC1.O. The normalized spacial score (nSPS) is 15.9. The van der Waals surface area contributed by atoms with Gasteiger partial charge < -0.3 is 5.48 Å². The van der Waals surface area contributed by atoms with E-state index in [1.165, 1.54) is 12.0 Å². The Morgan fingerprint density at radius 3 is 2.43 bits per heavy atom. The first-order valence-electron chi connectivity index (χ1n) is 2.22. The van der Waals surface area contributed by atoms with Gasteiger partial charge in [-0.05, 0) is 13.3 Å². The molecule has 0 radical (unpaired) electrons. The molecule has 0 aliphatic heterocycles. The average Bonchev–Trinajstić information content (AvgIpc) is 1.86. The lowest BCUT2D eigenvalue weighted by Crippen LogP contribution is -1.58. The van der Waals surface area contributed by atoms with Crippen LogP contribution in [0.3, 0.4) is 0 Å². The van der Waals surface area contributed by atoms with Crippen molar-refractivity contribution in [3.8, 4) is 0 Å². The molecule has 0 spiro atoms. The Morgan fingerprint density at radius 1 is 1.57 bits per heavy atom. The van der Waals surface area contributed by atoms with E-state index in [1.54, 1.807) is 0 Å². The second-order valence-corrected chi connectivity index (χ2v) is 1.65. The van der Waals surface area contributed by atoms with Crippen LogP contribution in [-0.2, 0) is 0 Å². The fraction of sp³-hybridized carbons (Fsp3) is 0.333. The summed E-state index contributed by atoms with van der Waals surface area (Å²) in [7, 11) is 0. The minimum atomic E-state index is 0. The van der Waals surface area contributed by atoms with Gasteiger partial charge >= 0.3 is 0 Å². The lowest BCUT2D eigenvalue weighted by atomic mass is 10.3. The van der Waals surface area contributed by atoms with Crippen LogP contribution in [0, 0.1) is 0 Å². The average molecular weight is 98.1 g/mol. The molecule has 0 saturated heterocycles. The molecule has 0 saturated carbocycles. The summed E-state index contributed by atoms with van der Waals surface area (Å²) in [5.74, 6) is 0. The Labute approximate surface area is 43.7 Å². The number of hydrogen-bond donors (Lipinski definition) is 0. The van der Waals surface area contributed by atoms with Gasteiger partial charge in [0.25, 0.3) is 0 Å². The van der Waals surface area contributed by atoms with Crippen LogP contribution >= 0.6 is 0 Å². The van der Waals surface area contributed by atoms with Crippen LogP contribution in [0.25, 0.3) is 0 Å². The summed E-state index contributed by atoms with van der Waals surface area (Å²) in [6, 6.07) is 0. The summed E-state index contributed by atoms with van der Waals surface area (Å²) < 4.78 is 0. The summed E-state index contributed by atoms with van der Waals surface area (Å²) >= 11 is 0. The summed E-state index contributed by atoms with van der Waals surface area (Å²) in [5, 5.41) is 0. The first-order chi connectivity index (χ1) is 2.89. The van der Waals surface area contributed by atoms with Crippen LogP contribution in [0.5, 0.6) is 0 Å². The second-order valence-electron chi connectivity index (χ2n) is 1.65. The van der Waals surface area contributed by atoms with E-state index in [1.807, 2.05) is 0 Å². The number of allylic oxidation sites excluding steroid dienone is 4. The quantitative estimate of drug-likeness (QED) is 0.434. The molecule has 40 valence electrons. The molecule has 0 fully saturated rings. The maximum atomic E-state index is 2.16. The molecule has 0 heterocycles. The monoisotopic (exact) mass is 98.1 g/mol. The molecule has 2 N–H and O–H groups in total. The fourth-order valence-corrected chi connectivity index (χ4v) is 0.554. The lowest BCUT2D eigenvalue weighted by molar-refractivity contribution is 0.824. The second kappa shape index (κ2) is 2.59. The zero-order valence-corrected chi connectivity index (χ0v) is 4.44. The van der Waals surface area contributed by atoms with E-state index in [-0.39, 0.29) is 5.48 Å². The molecule has 1 heteroatoms. The van der Waals surface area contributed by atoms with E-state index >= 15 is 0 Å². The molecule has 1 aliphatic carbocycles. The molecule has 1 nitrogen and oxygen atoms in total. The maximum Gasteiger partial charge on any atom is -0.0135 e. The number of hydrogen-bond acceptors (Lipinski definition) is 0. The predicted molar refractivity (Wildman–Crippen MR) is 31.1 cm³/mol. The Balaban J connectivity index is 0.000000360. The molecule has 0 amide bonds. The highest BCUT2D eigenvalue weighted by atomic mass is 16.0. The smallest absolute Gasteiger partial charge is 0.0135 e. The third-order valence-electron chi connectivity index (χ3n) is 0.957. The van der Waals surface area contributed by atoms with Gasteiger partial charge in [-0.2, -0.15) is 0 Å². The lowest BCUT2D eigenvalue weighted by Gasteiger charge is -1.78. The third kappa shape index (κ3) is 1.55. The first-order valence-corrected chi connectivity index (χ1v) is 2.22. The maximum absolute atomic E-state index is 2.16. The van der Waals surface area contributed by atoms with Crippen molar-refractivity contribution in [1.29, 1.82) is 0 Å². The first kappa shape index (κ1) is 6.44. The zero-order chi connectivity index (χ0) is 4.41. The van der Waals surface area contributed by atoms with Crippen molar-refractivity contribution in [2.24, 2.45) is 0 Å². The number of rotatable bonds is 0. The van der Waals surface area contributed by atoms with E-state index in [9.17, 15) is 0 Å². The topological polar surface area (TPSA) is 31.5 Å². The highest BCUT2D eigenvalue weighted by molar-refractivity contribution is 5.20. The highest BCUT2D eigenvalue weighted by Gasteiger charge is 1.86. The predicted octanol–water partition coefficient (Wildman–Crippen LogP) is 1.07. The van der Waals surface area contributed by atoms with Gasteiger partial charge in [0.15, 0.2) is 0 Å². The molecular weight excluding hydrogens is 88.1 g/mol. The molecule has 7 heavy (non-hydrogen) atoms. The van der Waals surface area contributed by atoms with Gasteiger partial charge in [-0.3, -0.25) is 0 Å². The van der Waals surface area contributed by atoms with Gasteiger partial charge in [0.2, 0.25) is 0 Å². The molecular formula is C6H10O. The summed E-state index contributed by atoms with van der Waals surface area (Å²) in [4.78, 5) is 0. The summed E-state index contributed by atoms with van der Waals surface area (Å²) in [6.45, 7) is 2.14.